The van der Waals surface area contributed by atoms with Crippen LogP contribution in [0.25, 0.3) is 0 Å². The maximum Gasteiger partial charge on any atom is 0.326 e. The van der Waals surface area contributed by atoms with E-state index in [1.165, 1.54) is 27.0 Å². The number of aliphatic imine (C=N–C) groups is 1. The van der Waals surface area contributed by atoms with E-state index in [1.807, 2.05) is 43.3 Å². The number of benzene rings is 1. The van der Waals surface area contributed by atoms with Crippen molar-refractivity contribution in [2.24, 2.45) is 28.3 Å². The van der Waals surface area contributed by atoms with Crippen molar-refractivity contribution in [3.05, 3.63) is 72.0 Å². The largest absolute Gasteiger partial charge is 0.480 e. The molecule has 2 rings (SSSR count). The van der Waals surface area contributed by atoms with Crippen LogP contribution >= 0.6 is 0 Å². The fourth-order valence-corrected chi connectivity index (χ4v) is 6.91. The molecule has 1 aromatic carbocycles. The number of methoxy groups -OCH3 is 1. The Balaban J connectivity index is 2.58. The lowest BCUT2D eigenvalue weighted by atomic mass is 9.94. The van der Waals surface area contributed by atoms with Crippen LogP contribution in [-0.4, -0.2) is 137 Å². The van der Waals surface area contributed by atoms with Gasteiger partial charge in [0.2, 0.25) is 35.4 Å². The Morgan fingerprint density at radius 2 is 1.51 bits per heavy atom. The maximum atomic E-state index is 13.9. The highest BCUT2D eigenvalue weighted by Gasteiger charge is 2.34. The van der Waals surface area contributed by atoms with Gasteiger partial charge >= 0.3 is 11.9 Å². The molecule has 1 aliphatic rings. The van der Waals surface area contributed by atoms with E-state index < -0.39 is 120 Å². The number of aliphatic carboxylic acids is 2. The fourth-order valence-electron chi connectivity index (χ4n) is 6.91. The van der Waals surface area contributed by atoms with Crippen LogP contribution in [0, 0.1) is 11.8 Å². The minimum Gasteiger partial charge on any atom is -0.480 e. The lowest BCUT2D eigenvalue weighted by molar-refractivity contribution is -0.144. The van der Waals surface area contributed by atoms with Crippen molar-refractivity contribution < 1.29 is 58.1 Å². The number of carbonyl (C=O) groups excluding carboxylic acids is 7. The van der Waals surface area contributed by atoms with Crippen molar-refractivity contribution in [2.45, 2.75) is 122 Å². The summed E-state index contributed by atoms with van der Waals surface area (Å²) in [4.78, 5) is 124. The van der Waals surface area contributed by atoms with Gasteiger partial charge in [0.05, 0.1) is 24.5 Å². The molecule has 22 nitrogen and oxygen atoms in total. The van der Waals surface area contributed by atoms with Crippen molar-refractivity contribution in [1.29, 1.82) is 0 Å². The summed E-state index contributed by atoms with van der Waals surface area (Å²) >= 11 is 0. The average molecular weight is 953 g/mol. The van der Waals surface area contributed by atoms with Crippen LogP contribution < -0.4 is 43.4 Å². The fraction of sp³-hybridized carbons (Fsp3) is 0.522. The van der Waals surface area contributed by atoms with Gasteiger partial charge in [-0.3, -0.25) is 38.6 Å². The first-order valence-electron chi connectivity index (χ1n) is 22.2. The molecule has 0 spiro atoms. The van der Waals surface area contributed by atoms with Crippen molar-refractivity contribution in [1.82, 2.24) is 36.8 Å². The number of amides is 7. The van der Waals surface area contributed by atoms with Crippen LogP contribution in [0.5, 0.6) is 0 Å². The quantitative estimate of drug-likeness (QED) is 0.0378. The SMILES string of the molecule is C=C1C(=O)N[C@H](C)C(=O)N[C@@H](CCCN=C(N)N)C(=O)N[C@@H](C(=O)O)CC(=O)N[C@@H](CC)C(=O)N[C@@H](/C=C/C(C)=C/[C@H](C)[C@H](Cc2ccccc2)OC)[C@H](C)C(=O)N[C@@H](C(=O)O)CCC(=O)N1C. The van der Waals surface area contributed by atoms with Crippen molar-refractivity contribution in [2.75, 3.05) is 20.7 Å². The number of rotatable bonds is 14. The summed E-state index contributed by atoms with van der Waals surface area (Å²) in [6.45, 7) is 11.7. The molecule has 0 saturated carbocycles. The number of nitrogens with zero attached hydrogens (tertiary/aromatic N) is 2. The minimum atomic E-state index is -1.85. The molecule has 0 radical (unpaired) electrons. The second-order valence-electron chi connectivity index (χ2n) is 16.6. The molecule has 68 heavy (non-hydrogen) atoms. The standard InChI is InChI=1S/C46H68N10O12/c1-9-31-42(62)52-32(18-17-25(2)22-26(3)36(68-8)23-30-14-11-10-12-15-30)27(4)39(59)54-34(44(64)65)19-20-38(58)56(7)29(6)41(61)50-28(5)40(60)53-33(16-13-21-49-46(47)48)43(63)55-35(45(66)67)24-37(57)51-31/h10-12,14-15,17-18,22,26-28,31-36H,6,9,13,16,19-21,23-24H2,1-5,7-8H3,(H,50,61)(H,51,57)(H,52,62)(H,53,60)(H,54,59)(H,55,63)(H,64,65)(H,66,67)(H4,47,48,49)/b18-17+,25-22+/t26-,27-,28+,31-,32-,33-,34+,35+,36-/m0/s1. The van der Waals surface area contributed by atoms with E-state index >= 15 is 0 Å². The van der Waals surface area contributed by atoms with Crippen LogP contribution in [0.1, 0.15) is 78.7 Å². The molecule has 12 N–H and O–H groups in total. The third kappa shape index (κ3) is 19.0. The Hall–Kier alpha value is -7.10. The number of carboxylic acid groups (broad SMARTS) is 2. The summed E-state index contributed by atoms with van der Waals surface area (Å²) in [5.41, 5.74) is 12.2. The van der Waals surface area contributed by atoms with Gasteiger partial charge in [-0.05, 0) is 51.5 Å². The number of likely N-dealkylation sites (N-methyl/N-ethyl adjacent to an activating group) is 1. The lowest BCUT2D eigenvalue weighted by Gasteiger charge is -2.26. The van der Waals surface area contributed by atoms with Crippen molar-refractivity contribution in [3.63, 3.8) is 0 Å². The zero-order valence-electron chi connectivity index (χ0n) is 39.7. The van der Waals surface area contributed by atoms with Crippen molar-refractivity contribution >= 4 is 59.2 Å². The molecule has 1 aliphatic heterocycles. The van der Waals surface area contributed by atoms with Crippen LogP contribution in [0.15, 0.2) is 71.4 Å². The number of allylic oxidation sites excluding steroid dienone is 2. The average Bonchev–Trinajstić information content (AvgIpc) is 3.29. The lowest BCUT2D eigenvalue weighted by Crippen LogP contribution is -2.56. The number of carbonyl (C=O) groups is 9. The first-order valence-corrected chi connectivity index (χ1v) is 22.2. The predicted molar refractivity (Wildman–Crippen MR) is 251 cm³/mol. The second-order valence-corrected chi connectivity index (χ2v) is 16.6. The summed E-state index contributed by atoms with van der Waals surface area (Å²) in [5, 5.41) is 34.8. The predicted octanol–water partition coefficient (Wildman–Crippen LogP) is -0.264. The van der Waals surface area contributed by atoms with Crippen LogP contribution in [0.2, 0.25) is 0 Å². The third-order valence-corrected chi connectivity index (χ3v) is 11.2. The van der Waals surface area contributed by atoms with Gasteiger partial charge in [-0.1, -0.05) is 81.5 Å². The molecule has 374 valence electrons. The third-order valence-electron chi connectivity index (χ3n) is 11.2. The Labute approximate surface area is 396 Å². The van der Waals surface area contributed by atoms with Gasteiger partial charge in [-0.2, -0.15) is 0 Å². The zero-order valence-corrected chi connectivity index (χ0v) is 39.7. The van der Waals surface area contributed by atoms with E-state index in [1.54, 1.807) is 27.0 Å². The molecule has 1 heterocycles. The Morgan fingerprint density at radius 1 is 0.897 bits per heavy atom. The summed E-state index contributed by atoms with van der Waals surface area (Å²) < 4.78 is 5.79. The zero-order chi connectivity index (χ0) is 51.2. The van der Waals surface area contributed by atoms with Crippen LogP contribution in [-0.2, 0) is 54.3 Å². The summed E-state index contributed by atoms with van der Waals surface area (Å²) in [6, 6.07) is 1.12. The van der Waals surface area contributed by atoms with E-state index in [4.69, 9.17) is 16.2 Å². The Morgan fingerprint density at radius 3 is 2.10 bits per heavy atom. The normalized spacial score (nSPS) is 24.7. The summed E-state index contributed by atoms with van der Waals surface area (Å²) in [5.74, 6) is -10.8. The van der Waals surface area contributed by atoms with Gasteiger partial charge in [0.1, 0.15) is 35.9 Å². The van der Waals surface area contributed by atoms with Gasteiger partial charge in [-0.15, -0.1) is 0 Å². The van der Waals surface area contributed by atoms with Gasteiger partial charge in [0.15, 0.2) is 5.96 Å². The van der Waals surface area contributed by atoms with Gasteiger partial charge in [0.25, 0.3) is 5.91 Å². The molecule has 7 amide bonds. The number of nitrogens with two attached hydrogens (primary N) is 2. The Bertz CT molecular complexity index is 2070. The van der Waals surface area contributed by atoms with E-state index in [-0.39, 0.29) is 43.8 Å². The molecule has 1 saturated heterocycles. The van der Waals surface area contributed by atoms with E-state index in [0.29, 0.717) is 6.42 Å². The first-order chi connectivity index (χ1) is 32.0. The van der Waals surface area contributed by atoms with Crippen LogP contribution in [0.4, 0.5) is 0 Å². The second kappa shape index (κ2) is 28.2. The summed E-state index contributed by atoms with van der Waals surface area (Å²) in [7, 11) is 2.81. The van der Waals surface area contributed by atoms with Crippen LogP contribution in [0.3, 0.4) is 0 Å². The summed E-state index contributed by atoms with van der Waals surface area (Å²) in [6.07, 6.45) is 3.80. The number of guanidine groups is 1. The van der Waals surface area contributed by atoms with Gasteiger partial charge in [0, 0.05) is 33.0 Å². The Kier molecular flexibility index (Phi) is 23.6. The highest BCUT2D eigenvalue weighted by molar-refractivity contribution is 6.00. The molecule has 1 aromatic rings. The molecule has 9 atom stereocenters. The topological polar surface area (TPSA) is 343 Å². The molecule has 1 fully saturated rings. The minimum absolute atomic E-state index is 0.0104. The number of ether oxygens (including phenoxy) is 1. The van der Waals surface area contributed by atoms with E-state index in [2.05, 4.69) is 43.5 Å². The molecular weight excluding hydrogens is 885 g/mol. The molecule has 22 heteroatoms. The number of hydrogen-bond acceptors (Lipinski definition) is 11. The monoisotopic (exact) mass is 953 g/mol. The van der Waals surface area contributed by atoms with Gasteiger partial charge in [-0.25, -0.2) is 9.59 Å². The highest BCUT2D eigenvalue weighted by Crippen LogP contribution is 2.18. The molecule has 0 aromatic heterocycles. The molecule has 0 bridgehead atoms. The van der Waals surface area contributed by atoms with E-state index in [9.17, 15) is 53.4 Å². The first kappa shape index (κ1) is 57.0. The van der Waals surface area contributed by atoms with E-state index in [0.717, 1.165) is 16.0 Å². The smallest absolute Gasteiger partial charge is 0.326 e. The van der Waals surface area contributed by atoms with Crippen molar-refractivity contribution in [3.8, 4) is 0 Å². The number of nitrogens with one attached hydrogen (secondary N) is 6. The molecular formula is C46H68N10O12. The highest BCUT2D eigenvalue weighted by atomic mass is 16.5. The number of hydrogen-bond donors (Lipinski definition) is 10. The molecule has 0 unspecified atom stereocenters. The van der Waals surface area contributed by atoms with Gasteiger partial charge < -0.3 is 63.2 Å². The molecule has 0 aliphatic carbocycles. The maximum absolute atomic E-state index is 13.9. The number of carboxylic acids is 2.